The quantitative estimate of drug-likeness (QED) is 0.128. The van der Waals surface area contributed by atoms with E-state index in [0.29, 0.717) is 17.5 Å². The second-order valence-corrected chi connectivity index (χ2v) is 25.1. The number of fused-ring (bicyclic) bond motifs is 14. The van der Waals surface area contributed by atoms with Crippen molar-refractivity contribution in [3.8, 4) is 84.4 Å². The van der Waals surface area contributed by atoms with Crippen LogP contribution in [-0.2, 0) is 5.41 Å². The minimum absolute atomic E-state index is 0.352. The normalized spacial score (nSPS) is 12.5. The second-order valence-electron chi connectivity index (χ2n) is 25.1. The molecule has 0 spiro atoms. The molecule has 2 heterocycles. The van der Waals surface area contributed by atoms with Crippen LogP contribution in [0.15, 0.2) is 322 Å². The maximum atomic E-state index is 5.34. The van der Waals surface area contributed by atoms with E-state index in [1.807, 2.05) is 24.3 Å². The molecule has 18 rings (SSSR count). The molecule has 0 fully saturated rings. The number of nitrogens with zero attached hydrogens (tertiary/aromatic N) is 5. The molecule has 15 aromatic carbocycles. The number of anilines is 3. The summed E-state index contributed by atoms with van der Waals surface area (Å²) in [5, 5.41) is 12.5. The van der Waals surface area contributed by atoms with Crippen molar-refractivity contribution in [2.75, 3.05) is 4.90 Å². The summed E-state index contributed by atoms with van der Waals surface area (Å²) < 4.78 is 2.48. The maximum absolute atomic E-state index is 5.34. The summed E-state index contributed by atoms with van der Waals surface area (Å²) in [6.07, 6.45) is 0. The number of para-hydroxylation sites is 1. The molecule has 0 amide bonds. The molecule has 0 N–H and O–H groups in total. The largest absolute Gasteiger partial charge is 0.310 e. The van der Waals surface area contributed by atoms with Crippen molar-refractivity contribution in [2.45, 2.75) is 19.3 Å². The van der Waals surface area contributed by atoms with Crippen molar-refractivity contribution in [3.63, 3.8) is 0 Å². The van der Waals surface area contributed by atoms with E-state index in [2.05, 4.69) is 321 Å². The van der Waals surface area contributed by atoms with E-state index in [1.165, 1.54) is 81.9 Å². The van der Waals surface area contributed by atoms with Crippen LogP contribution in [0.5, 0.6) is 0 Å². The fourth-order valence-electron chi connectivity index (χ4n) is 14.9. The lowest BCUT2D eigenvalue weighted by Crippen LogP contribution is -2.15. The van der Waals surface area contributed by atoms with Gasteiger partial charge in [0.15, 0.2) is 17.5 Å². The Labute approximate surface area is 539 Å². The van der Waals surface area contributed by atoms with Gasteiger partial charge >= 0.3 is 0 Å². The Morgan fingerprint density at radius 1 is 0.280 bits per heavy atom. The van der Waals surface area contributed by atoms with Gasteiger partial charge in [0.2, 0.25) is 0 Å². The van der Waals surface area contributed by atoms with E-state index in [1.54, 1.807) is 0 Å². The Kier molecular flexibility index (Phi) is 12.5. The Balaban J connectivity index is 0.811. The lowest BCUT2D eigenvalue weighted by Gasteiger charge is -2.26. The molecule has 0 bridgehead atoms. The van der Waals surface area contributed by atoms with Gasteiger partial charge in [0, 0.05) is 55.6 Å². The Bertz CT molecular complexity index is 5830. The van der Waals surface area contributed by atoms with Crippen molar-refractivity contribution in [2.24, 2.45) is 0 Å². The van der Waals surface area contributed by atoms with Crippen LogP contribution in [0.2, 0.25) is 0 Å². The third-order valence-corrected chi connectivity index (χ3v) is 19.3. The molecule has 0 saturated carbocycles. The first-order valence-corrected chi connectivity index (χ1v) is 32.0. The van der Waals surface area contributed by atoms with Crippen LogP contribution in [0.3, 0.4) is 0 Å². The first kappa shape index (κ1) is 53.9. The zero-order valence-corrected chi connectivity index (χ0v) is 51.3. The lowest BCUT2D eigenvalue weighted by atomic mass is 9.79. The van der Waals surface area contributed by atoms with E-state index in [4.69, 9.17) is 15.0 Å². The molecule has 0 aliphatic heterocycles. The minimum Gasteiger partial charge on any atom is -0.310 e. The molecule has 0 radical (unpaired) electrons. The molecule has 5 nitrogen and oxygen atoms in total. The van der Waals surface area contributed by atoms with Crippen LogP contribution in [0.4, 0.5) is 17.1 Å². The van der Waals surface area contributed by atoms with Gasteiger partial charge in [0.05, 0.1) is 11.0 Å². The molecule has 0 saturated heterocycles. The zero-order valence-electron chi connectivity index (χ0n) is 51.3. The number of rotatable bonds is 10. The van der Waals surface area contributed by atoms with Crippen molar-refractivity contribution in [1.82, 2.24) is 19.5 Å². The Morgan fingerprint density at radius 3 is 1.43 bits per heavy atom. The number of aromatic nitrogens is 4. The van der Waals surface area contributed by atoms with Crippen molar-refractivity contribution < 1.29 is 0 Å². The standard InChI is InChI=1S/C88H59N5/c1-88(2)80-55-78-74-39-18-16-37-72(74)71-36-15-17-38-73(71)77(78)54-79(80)75-46-47-81-83(84(75)88)76-45-43-64(61-40-41-63-51-70(44-42-62(63)48-61)92(67-32-13-6-14-33-67)68-34-20-29-60(50-68)57-24-9-4-10-25-57)53-82(76)93(81)69-35-21-31-66(52-69)87-90-85(58-26-11-5-12-27-58)89-86(91-87)65-30-19-28-59(49-65)56-22-7-3-8-23-56/h3-55H,1-2H3. The van der Waals surface area contributed by atoms with Gasteiger partial charge in [-0.2, -0.15) is 0 Å². The second kappa shape index (κ2) is 21.6. The molecular weight excluding hydrogens is 1130 g/mol. The minimum atomic E-state index is -0.352. The number of hydrogen-bond acceptors (Lipinski definition) is 4. The van der Waals surface area contributed by atoms with Crippen LogP contribution in [0, 0.1) is 0 Å². The molecule has 0 atom stereocenters. The summed E-state index contributed by atoms with van der Waals surface area (Å²) >= 11 is 0. The highest BCUT2D eigenvalue weighted by molar-refractivity contribution is 6.27. The molecule has 1 aliphatic carbocycles. The highest BCUT2D eigenvalue weighted by Gasteiger charge is 2.39. The fraction of sp³-hybridized carbons (Fsp3) is 0.0341. The molecule has 1 aliphatic rings. The fourth-order valence-corrected chi connectivity index (χ4v) is 14.9. The van der Waals surface area contributed by atoms with Crippen molar-refractivity contribution in [1.29, 1.82) is 0 Å². The summed E-state index contributed by atoms with van der Waals surface area (Å²) in [7, 11) is 0. The van der Waals surface area contributed by atoms with Crippen molar-refractivity contribution >= 4 is 82.0 Å². The van der Waals surface area contributed by atoms with Crippen LogP contribution in [0.1, 0.15) is 25.0 Å². The number of hydrogen-bond donors (Lipinski definition) is 0. The molecular formula is C88H59N5. The lowest BCUT2D eigenvalue weighted by molar-refractivity contribution is 0.667. The number of benzene rings is 15. The molecule has 5 heteroatoms. The highest BCUT2D eigenvalue weighted by Crippen LogP contribution is 2.56. The first-order chi connectivity index (χ1) is 45.8. The molecule has 2 aromatic heterocycles. The van der Waals surface area contributed by atoms with E-state index in [-0.39, 0.29) is 5.41 Å². The highest BCUT2D eigenvalue weighted by atomic mass is 15.1. The smallest absolute Gasteiger partial charge is 0.164 e. The van der Waals surface area contributed by atoms with Crippen molar-refractivity contribution in [3.05, 3.63) is 333 Å². The van der Waals surface area contributed by atoms with Gasteiger partial charge in [0.1, 0.15) is 0 Å². The first-order valence-electron chi connectivity index (χ1n) is 32.0. The predicted molar refractivity (Wildman–Crippen MR) is 389 cm³/mol. The van der Waals surface area contributed by atoms with E-state index >= 15 is 0 Å². The average molecular weight is 1190 g/mol. The maximum Gasteiger partial charge on any atom is 0.164 e. The molecule has 436 valence electrons. The van der Waals surface area contributed by atoms with Gasteiger partial charge in [-0.1, -0.05) is 250 Å². The average Bonchev–Trinajstić information content (AvgIpc) is 1.55. The third kappa shape index (κ3) is 9.03. The SMILES string of the molecule is CC1(C)c2cc3c4ccccc4c4ccccc4c3cc2-c2ccc3c(c21)c1ccc(-c2ccc4cc(N(c5ccccc5)c5cccc(-c6ccccc6)c5)ccc4c2)cc1n3-c1cccc(-c2nc(-c3ccccc3)nc(-c3cccc(-c4ccccc4)c3)n2)c1. The summed E-state index contributed by atoms with van der Waals surface area (Å²) in [4.78, 5) is 18.2. The van der Waals surface area contributed by atoms with Crippen LogP contribution in [0.25, 0.3) is 149 Å². The summed E-state index contributed by atoms with van der Waals surface area (Å²) in [5.74, 6) is 1.83. The topological polar surface area (TPSA) is 46.8 Å². The van der Waals surface area contributed by atoms with Gasteiger partial charge < -0.3 is 9.47 Å². The van der Waals surface area contributed by atoms with Gasteiger partial charge in [-0.3, -0.25) is 0 Å². The van der Waals surface area contributed by atoms with E-state index < -0.39 is 0 Å². The van der Waals surface area contributed by atoms with Gasteiger partial charge in [-0.15, -0.1) is 0 Å². The van der Waals surface area contributed by atoms with Gasteiger partial charge in [-0.25, -0.2) is 15.0 Å². The summed E-state index contributed by atoms with van der Waals surface area (Å²) in [6.45, 7) is 4.87. The Hall–Kier alpha value is -12.1. The van der Waals surface area contributed by atoms with Crippen LogP contribution < -0.4 is 4.90 Å². The van der Waals surface area contributed by atoms with Gasteiger partial charge in [0.25, 0.3) is 0 Å². The Morgan fingerprint density at radius 2 is 0.753 bits per heavy atom. The predicted octanol–water partition coefficient (Wildman–Crippen LogP) is 23.4. The van der Waals surface area contributed by atoms with Crippen LogP contribution >= 0.6 is 0 Å². The molecule has 93 heavy (non-hydrogen) atoms. The van der Waals surface area contributed by atoms with E-state index in [0.717, 1.165) is 78.1 Å². The monoisotopic (exact) mass is 1190 g/mol. The van der Waals surface area contributed by atoms with Gasteiger partial charge in [-0.05, 0) is 184 Å². The molecule has 0 unspecified atom stereocenters. The summed E-state index contributed by atoms with van der Waals surface area (Å²) in [5.41, 5.74) is 21.1. The zero-order chi connectivity index (χ0) is 61.7. The summed E-state index contributed by atoms with van der Waals surface area (Å²) in [6, 6.07) is 117. The van der Waals surface area contributed by atoms with E-state index in [9.17, 15) is 0 Å². The van der Waals surface area contributed by atoms with Crippen LogP contribution in [-0.4, -0.2) is 19.5 Å². The molecule has 17 aromatic rings. The third-order valence-electron chi connectivity index (χ3n) is 19.3.